The van der Waals surface area contributed by atoms with E-state index in [1.54, 1.807) is 0 Å². The largest absolute Gasteiger partial charge is 0.478 e. The first-order valence-corrected chi connectivity index (χ1v) is 12.2. The van der Waals surface area contributed by atoms with Crippen LogP contribution in [0.5, 0.6) is 0 Å². The van der Waals surface area contributed by atoms with Gasteiger partial charge in [0.2, 0.25) is 5.78 Å². The lowest BCUT2D eigenvalue weighted by molar-refractivity contribution is -0.137. The molecule has 0 aliphatic rings. The van der Waals surface area contributed by atoms with Gasteiger partial charge in [0, 0.05) is 17.7 Å². The first kappa shape index (κ1) is 28.1. The second-order valence-electron chi connectivity index (χ2n) is 9.18. The quantitative estimate of drug-likeness (QED) is 0.178. The van der Waals surface area contributed by atoms with E-state index in [4.69, 9.17) is 5.11 Å². The first-order valence-electron chi connectivity index (χ1n) is 12.2. The number of carboxylic acids is 1. The number of nitrogens with one attached hydrogen (secondary N) is 1. The van der Waals surface area contributed by atoms with E-state index in [0.717, 1.165) is 48.7 Å². The molecule has 2 N–H and O–H groups in total. The minimum atomic E-state index is -4.60. The highest BCUT2D eigenvalue weighted by molar-refractivity contribution is 6.09. The van der Waals surface area contributed by atoms with Gasteiger partial charge < -0.3 is 10.4 Å². The number of aromatic carboxylic acids is 1. The highest BCUT2D eigenvalue weighted by atomic mass is 19.4. The number of rotatable bonds is 7. The van der Waals surface area contributed by atoms with E-state index in [-0.39, 0.29) is 45.8 Å². The average Bonchev–Trinajstić information content (AvgIpc) is 3.40. The van der Waals surface area contributed by atoms with E-state index in [2.05, 4.69) is 10.3 Å². The molecule has 2 aromatic heterocycles. The lowest BCUT2D eigenvalue weighted by Crippen LogP contribution is -2.26. The number of nitrogens with zero attached hydrogens (tertiary/aromatic N) is 2. The summed E-state index contributed by atoms with van der Waals surface area (Å²) in [6.45, 7) is -0.0599. The second-order valence-corrected chi connectivity index (χ2v) is 9.18. The van der Waals surface area contributed by atoms with Crippen LogP contribution in [0.25, 0.3) is 16.8 Å². The Hall–Kier alpha value is -5.39. The molecule has 5 rings (SSSR count). The molecule has 0 saturated heterocycles. The summed E-state index contributed by atoms with van der Waals surface area (Å²) in [5.41, 5.74) is -0.894. The molecule has 0 spiro atoms. The maximum atomic E-state index is 14.6. The highest BCUT2D eigenvalue weighted by Gasteiger charge is 2.30. The van der Waals surface area contributed by atoms with Gasteiger partial charge in [-0.15, -0.1) is 0 Å². The number of alkyl halides is 3. The van der Waals surface area contributed by atoms with Crippen molar-refractivity contribution in [3.8, 4) is 11.1 Å². The van der Waals surface area contributed by atoms with Crippen LogP contribution < -0.4 is 5.32 Å². The first-order chi connectivity index (χ1) is 19.9. The molecule has 7 nitrogen and oxygen atoms in total. The monoisotopic (exact) mass is 579 g/mol. The molecule has 12 heteroatoms. The van der Waals surface area contributed by atoms with Gasteiger partial charge in [0.25, 0.3) is 5.91 Å². The lowest BCUT2D eigenvalue weighted by Gasteiger charge is -2.13. The molecule has 0 bridgehead atoms. The van der Waals surface area contributed by atoms with Crippen LogP contribution in [-0.2, 0) is 12.7 Å². The maximum Gasteiger partial charge on any atom is 0.416 e. The number of hydrogen-bond acceptors (Lipinski definition) is 4. The van der Waals surface area contributed by atoms with Crippen molar-refractivity contribution in [2.75, 3.05) is 0 Å². The third kappa shape index (κ3) is 5.59. The molecule has 0 unspecified atom stereocenters. The van der Waals surface area contributed by atoms with E-state index >= 15 is 0 Å². The van der Waals surface area contributed by atoms with Crippen LogP contribution in [0.3, 0.4) is 0 Å². The summed E-state index contributed by atoms with van der Waals surface area (Å²) in [6, 6.07) is 14.6. The van der Waals surface area contributed by atoms with Crippen molar-refractivity contribution in [2.24, 2.45) is 0 Å². The number of benzene rings is 3. The predicted molar refractivity (Wildman–Crippen MR) is 140 cm³/mol. The molecule has 0 radical (unpaired) electrons. The van der Waals surface area contributed by atoms with Crippen LogP contribution in [0.15, 0.2) is 85.1 Å². The summed E-state index contributed by atoms with van der Waals surface area (Å²) < 4.78 is 68.8. The molecule has 0 aliphatic heterocycles. The normalized spacial score (nSPS) is 11.5. The predicted octanol–water partition coefficient (Wildman–Crippen LogP) is 6.16. The Kier molecular flexibility index (Phi) is 7.29. The number of carboxylic acid groups (broad SMARTS) is 1. The van der Waals surface area contributed by atoms with Gasteiger partial charge in [-0.1, -0.05) is 24.3 Å². The zero-order chi connectivity index (χ0) is 30.2. The molecule has 0 fully saturated rings. The van der Waals surface area contributed by atoms with Gasteiger partial charge in [0.05, 0.1) is 17.3 Å². The third-order valence-corrected chi connectivity index (χ3v) is 6.44. The number of carbonyl (C=O) groups excluding carboxylic acids is 2. The third-order valence-electron chi connectivity index (χ3n) is 6.44. The maximum absolute atomic E-state index is 14.6. The Morgan fingerprint density at radius 1 is 0.833 bits per heavy atom. The number of aromatic nitrogens is 2. The average molecular weight is 579 g/mol. The Morgan fingerprint density at radius 3 is 2.14 bits per heavy atom. The van der Waals surface area contributed by atoms with Gasteiger partial charge in [0.1, 0.15) is 28.7 Å². The number of imidazole rings is 1. The SMILES string of the molecule is O=C(O)c1ccc(CNC(=O)c2cc(-c3cc(F)ccc3F)cc3ncc(C(=O)c4ccc(C(F)(F)F)cc4)n23)cc1. The van der Waals surface area contributed by atoms with E-state index in [0.29, 0.717) is 5.56 Å². The molecular weight excluding hydrogens is 561 g/mol. The van der Waals surface area contributed by atoms with Gasteiger partial charge in [-0.25, -0.2) is 18.6 Å². The number of hydrogen-bond donors (Lipinski definition) is 2. The fraction of sp³-hybridized carbons (Fsp3) is 0.0667. The van der Waals surface area contributed by atoms with E-state index in [1.807, 2.05) is 0 Å². The van der Waals surface area contributed by atoms with Gasteiger partial charge in [0.15, 0.2) is 0 Å². The van der Waals surface area contributed by atoms with E-state index in [9.17, 15) is 36.3 Å². The molecule has 3 aromatic carbocycles. The molecule has 0 saturated carbocycles. The van der Waals surface area contributed by atoms with Crippen LogP contribution in [0, 0.1) is 11.6 Å². The number of fused-ring (bicyclic) bond motifs is 1. The van der Waals surface area contributed by atoms with Crippen LogP contribution in [-0.4, -0.2) is 32.2 Å². The molecule has 1 amide bonds. The minimum absolute atomic E-state index is 0.0161. The van der Waals surface area contributed by atoms with Crippen molar-refractivity contribution in [2.45, 2.75) is 12.7 Å². The van der Waals surface area contributed by atoms with Gasteiger partial charge >= 0.3 is 12.1 Å². The van der Waals surface area contributed by atoms with Crippen LogP contribution >= 0.6 is 0 Å². The zero-order valence-corrected chi connectivity index (χ0v) is 21.2. The molecule has 5 aromatic rings. The van der Waals surface area contributed by atoms with Crippen molar-refractivity contribution >= 4 is 23.3 Å². The molecule has 0 atom stereocenters. The number of carbonyl (C=O) groups is 3. The summed E-state index contributed by atoms with van der Waals surface area (Å²) in [5.74, 6) is -4.12. The number of ketones is 1. The fourth-order valence-electron chi connectivity index (χ4n) is 4.31. The van der Waals surface area contributed by atoms with Crippen LogP contribution in [0.1, 0.15) is 48.0 Å². The Bertz CT molecular complexity index is 1850. The van der Waals surface area contributed by atoms with Crippen molar-refractivity contribution in [1.82, 2.24) is 14.7 Å². The molecule has 212 valence electrons. The second kappa shape index (κ2) is 10.9. The number of halogens is 5. The molecular formula is C30H18F5N3O4. The Labute approximate surface area is 233 Å². The lowest BCUT2D eigenvalue weighted by atomic mass is 10.0. The van der Waals surface area contributed by atoms with Crippen molar-refractivity contribution in [3.63, 3.8) is 0 Å². The fourth-order valence-corrected chi connectivity index (χ4v) is 4.31. The van der Waals surface area contributed by atoms with Crippen molar-refractivity contribution in [3.05, 3.63) is 130 Å². The summed E-state index contributed by atoms with van der Waals surface area (Å²) >= 11 is 0. The number of pyridine rings is 1. The summed E-state index contributed by atoms with van der Waals surface area (Å²) in [4.78, 5) is 42.1. The van der Waals surface area contributed by atoms with E-state index < -0.39 is 41.0 Å². The summed E-state index contributed by atoms with van der Waals surface area (Å²) in [6.07, 6.45) is -3.48. The highest BCUT2D eigenvalue weighted by Crippen LogP contribution is 2.30. The van der Waals surface area contributed by atoms with Crippen molar-refractivity contribution in [1.29, 1.82) is 0 Å². The summed E-state index contributed by atoms with van der Waals surface area (Å²) in [5, 5.41) is 11.7. The zero-order valence-electron chi connectivity index (χ0n) is 21.2. The summed E-state index contributed by atoms with van der Waals surface area (Å²) in [7, 11) is 0. The Balaban J connectivity index is 1.57. The van der Waals surface area contributed by atoms with Crippen molar-refractivity contribution < 1.29 is 41.4 Å². The molecule has 2 heterocycles. The topological polar surface area (TPSA) is 101 Å². The van der Waals surface area contributed by atoms with Gasteiger partial charge in [-0.2, -0.15) is 13.2 Å². The smallest absolute Gasteiger partial charge is 0.416 e. The van der Waals surface area contributed by atoms with E-state index in [1.165, 1.54) is 40.8 Å². The molecule has 42 heavy (non-hydrogen) atoms. The minimum Gasteiger partial charge on any atom is -0.478 e. The van der Waals surface area contributed by atoms with Crippen LogP contribution in [0.4, 0.5) is 22.0 Å². The standard InChI is InChI=1S/C30H18F5N3O4/c31-21-9-10-23(32)22(13-21)19-11-24(28(40)37-14-16-1-3-18(4-2-16)29(41)42)38-25(15-36-26(38)12-19)27(39)17-5-7-20(8-6-17)30(33,34)35/h1-13,15H,14H2,(H,37,40)(H,41,42). The molecule has 0 aliphatic carbocycles. The van der Waals surface area contributed by atoms with Gasteiger partial charge in [-0.05, 0) is 65.7 Å². The number of amides is 1. The Morgan fingerprint density at radius 2 is 1.50 bits per heavy atom. The van der Waals surface area contributed by atoms with Crippen LogP contribution in [0.2, 0.25) is 0 Å². The van der Waals surface area contributed by atoms with Gasteiger partial charge in [-0.3, -0.25) is 14.0 Å².